The standard InChI is InChI=1S/C15H16N4/c1-11(2)19-15(9-10-16-19)18-14-8-7-12-5-3-4-6-13(12)17-14/h3-11H,1-2H3,(H,17,18). The summed E-state index contributed by atoms with van der Waals surface area (Å²) >= 11 is 0. The molecule has 0 fully saturated rings. The molecule has 2 aromatic heterocycles. The normalized spacial score (nSPS) is 11.1. The molecule has 0 atom stereocenters. The zero-order chi connectivity index (χ0) is 13.2. The molecular formula is C15H16N4. The van der Waals surface area contributed by atoms with Crippen molar-refractivity contribution in [2.24, 2.45) is 0 Å². The minimum atomic E-state index is 0.318. The second-order valence-corrected chi connectivity index (χ2v) is 4.77. The quantitative estimate of drug-likeness (QED) is 0.771. The molecule has 19 heavy (non-hydrogen) atoms. The molecule has 3 aromatic rings. The third-order valence-corrected chi connectivity index (χ3v) is 3.01. The Morgan fingerprint density at radius 1 is 1.05 bits per heavy atom. The molecule has 0 amide bonds. The van der Waals surface area contributed by atoms with Gasteiger partial charge in [0.2, 0.25) is 0 Å². The van der Waals surface area contributed by atoms with E-state index in [2.05, 4.69) is 41.4 Å². The lowest BCUT2D eigenvalue weighted by atomic mass is 10.2. The molecule has 0 spiro atoms. The van der Waals surface area contributed by atoms with Gasteiger partial charge < -0.3 is 5.32 Å². The Morgan fingerprint density at radius 3 is 2.74 bits per heavy atom. The number of rotatable bonds is 3. The molecule has 0 aliphatic carbocycles. The maximum absolute atomic E-state index is 4.60. The molecular weight excluding hydrogens is 236 g/mol. The number of pyridine rings is 1. The van der Waals surface area contributed by atoms with Gasteiger partial charge in [0.15, 0.2) is 0 Å². The number of aromatic nitrogens is 3. The fourth-order valence-electron chi connectivity index (χ4n) is 2.09. The van der Waals surface area contributed by atoms with Gasteiger partial charge in [-0.15, -0.1) is 0 Å². The number of hydrogen-bond acceptors (Lipinski definition) is 3. The van der Waals surface area contributed by atoms with Gasteiger partial charge in [-0.2, -0.15) is 5.10 Å². The molecule has 1 N–H and O–H groups in total. The molecule has 0 bridgehead atoms. The highest BCUT2D eigenvalue weighted by Crippen LogP contribution is 2.20. The number of anilines is 2. The van der Waals surface area contributed by atoms with E-state index in [1.165, 1.54) is 0 Å². The van der Waals surface area contributed by atoms with Crippen LogP contribution in [0.4, 0.5) is 11.6 Å². The molecule has 0 unspecified atom stereocenters. The van der Waals surface area contributed by atoms with Gasteiger partial charge in [0.25, 0.3) is 0 Å². The summed E-state index contributed by atoms with van der Waals surface area (Å²) in [6.07, 6.45) is 1.80. The van der Waals surface area contributed by atoms with Crippen molar-refractivity contribution in [3.63, 3.8) is 0 Å². The van der Waals surface area contributed by atoms with Crippen molar-refractivity contribution in [3.8, 4) is 0 Å². The van der Waals surface area contributed by atoms with Crippen molar-refractivity contribution in [1.82, 2.24) is 14.8 Å². The van der Waals surface area contributed by atoms with Crippen molar-refractivity contribution in [2.45, 2.75) is 19.9 Å². The monoisotopic (exact) mass is 252 g/mol. The molecule has 0 aliphatic heterocycles. The van der Waals surface area contributed by atoms with Crippen molar-refractivity contribution >= 4 is 22.5 Å². The summed E-state index contributed by atoms with van der Waals surface area (Å²) in [7, 11) is 0. The van der Waals surface area contributed by atoms with Crippen LogP contribution in [0.25, 0.3) is 10.9 Å². The first-order chi connectivity index (χ1) is 9.24. The van der Waals surface area contributed by atoms with Gasteiger partial charge in [-0.25, -0.2) is 9.67 Å². The van der Waals surface area contributed by atoms with Crippen LogP contribution in [0.15, 0.2) is 48.7 Å². The Bertz CT molecular complexity index is 700. The smallest absolute Gasteiger partial charge is 0.132 e. The highest BCUT2D eigenvalue weighted by molar-refractivity contribution is 5.80. The van der Waals surface area contributed by atoms with Crippen LogP contribution in [0.3, 0.4) is 0 Å². The molecule has 0 saturated heterocycles. The minimum Gasteiger partial charge on any atom is -0.325 e. The number of fused-ring (bicyclic) bond motifs is 1. The first kappa shape index (κ1) is 11.7. The van der Waals surface area contributed by atoms with Crippen LogP contribution in [0.5, 0.6) is 0 Å². The van der Waals surface area contributed by atoms with Gasteiger partial charge in [-0.05, 0) is 32.0 Å². The lowest BCUT2D eigenvalue weighted by molar-refractivity contribution is 0.539. The number of nitrogens with one attached hydrogen (secondary N) is 1. The van der Waals surface area contributed by atoms with Crippen LogP contribution in [0, 0.1) is 0 Å². The summed E-state index contributed by atoms with van der Waals surface area (Å²) in [6.45, 7) is 4.21. The summed E-state index contributed by atoms with van der Waals surface area (Å²) in [5.74, 6) is 1.79. The number of para-hydroxylation sites is 1. The lowest BCUT2D eigenvalue weighted by Gasteiger charge is -2.12. The zero-order valence-electron chi connectivity index (χ0n) is 11.0. The molecule has 1 aromatic carbocycles. The van der Waals surface area contributed by atoms with E-state index in [0.717, 1.165) is 22.5 Å². The van der Waals surface area contributed by atoms with Gasteiger partial charge >= 0.3 is 0 Å². The molecule has 2 heterocycles. The third kappa shape index (κ3) is 2.29. The summed E-state index contributed by atoms with van der Waals surface area (Å²) in [5, 5.41) is 8.76. The Morgan fingerprint density at radius 2 is 1.89 bits per heavy atom. The number of nitrogens with zero attached hydrogens (tertiary/aromatic N) is 3. The average molecular weight is 252 g/mol. The van der Waals surface area contributed by atoms with Crippen LogP contribution in [-0.2, 0) is 0 Å². The fourth-order valence-corrected chi connectivity index (χ4v) is 2.09. The summed E-state index contributed by atoms with van der Waals surface area (Å²) < 4.78 is 1.94. The molecule has 0 radical (unpaired) electrons. The summed E-state index contributed by atoms with van der Waals surface area (Å²) in [5.41, 5.74) is 0.989. The van der Waals surface area contributed by atoms with Crippen LogP contribution in [0.2, 0.25) is 0 Å². The average Bonchev–Trinajstić information content (AvgIpc) is 2.87. The fraction of sp³-hybridized carbons (Fsp3) is 0.200. The summed E-state index contributed by atoms with van der Waals surface area (Å²) in [6, 6.07) is 14.4. The zero-order valence-corrected chi connectivity index (χ0v) is 11.0. The molecule has 4 heteroatoms. The van der Waals surface area contributed by atoms with E-state index in [4.69, 9.17) is 0 Å². The maximum atomic E-state index is 4.60. The predicted octanol–water partition coefficient (Wildman–Crippen LogP) is 3.76. The SMILES string of the molecule is CC(C)n1nccc1Nc1ccc2ccccc2n1. The van der Waals surface area contributed by atoms with Crippen LogP contribution >= 0.6 is 0 Å². The van der Waals surface area contributed by atoms with Gasteiger partial charge in [-0.1, -0.05) is 18.2 Å². The molecule has 4 nitrogen and oxygen atoms in total. The molecule has 0 saturated carbocycles. The Kier molecular flexibility index (Phi) is 2.91. The van der Waals surface area contributed by atoms with E-state index < -0.39 is 0 Å². The lowest BCUT2D eigenvalue weighted by Crippen LogP contribution is -2.07. The van der Waals surface area contributed by atoms with Gasteiger partial charge in [0.05, 0.1) is 11.7 Å². The topological polar surface area (TPSA) is 42.7 Å². The first-order valence-corrected chi connectivity index (χ1v) is 6.40. The highest BCUT2D eigenvalue weighted by Gasteiger charge is 2.06. The molecule has 96 valence electrons. The Labute approximate surface area is 112 Å². The third-order valence-electron chi connectivity index (χ3n) is 3.01. The van der Waals surface area contributed by atoms with E-state index in [0.29, 0.717) is 6.04 Å². The molecule has 0 aliphatic rings. The van der Waals surface area contributed by atoms with Crippen molar-refractivity contribution < 1.29 is 0 Å². The van der Waals surface area contributed by atoms with Crippen LogP contribution < -0.4 is 5.32 Å². The van der Waals surface area contributed by atoms with E-state index >= 15 is 0 Å². The van der Waals surface area contributed by atoms with E-state index in [-0.39, 0.29) is 0 Å². The van der Waals surface area contributed by atoms with Gasteiger partial charge in [0.1, 0.15) is 11.6 Å². The molecule has 3 rings (SSSR count). The van der Waals surface area contributed by atoms with E-state index in [1.54, 1.807) is 6.20 Å². The maximum Gasteiger partial charge on any atom is 0.132 e. The number of benzene rings is 1. The van der Waals surface area contributed by atoms with E-state index in [1.807, 2.05) is 35.0 Å². The van der Waals surface area contributed by atoms with Gasteiger partial charge in [-0.3, -0.25) is 0 Å². The van der Waals surface area contributed by atoms with Crippen LogP contribution in [0.1, 0.15) is 19.9 Å². The first-order valence-electron chi connectivity index (χ1n) is 6.40. The summed E-state index contributed by atoms with van der Waals surface area (Å²) in [4.78, 5) is 4.60. The van der Waals surface area contributed by atoms with Crippen molar-refractivity contribution in [1.29, 1.82) is 0 Å². The van der Waals surface area contributed by atoms with Crippen molar-refractivity contribution in [3.05, 3.63) is 48.7 Å². The minimum absolute atomic E-state index is 0.318. The number of hydrogen-bond donors (Lipinski definition) is 1. The largest absolute Gasteiger partial charge is 0.325 e. The van der Waals surface area contributed by atoms with Crippen molar-refractivity contribution in [2.75, 3.05) is 5.32 Å². The Balaban J connectivity index is 1.94. The second kappa shape index (κ2) is 4.72. The predicted molar refractivity (Wildman–Crippen MR) is 77.6 cm³/mol. The second-order valence-electron chi connectivity index (χ2n) is 4.77. The Hall–Kier alpha value is -2.36. The van der Waals surface area contributed by atoms with E-state index in [9.17, 15) is 0 Å². The highest BCUT2D eigenvalue weighted by atomic mass is 15.3. The van der Waals surface area contributed by atoms with Crippen LogP contribution in [-0.4, -0.2) is 14.8 Å². The van der Waals surface area contributed by atoms with Gasteiger partial charge in [0, 0.05) is 17.5 Å².